The molecule has 0 spiro atoms. The monoisotopic (exact) mass is 377 g/mol. The highest BCUT2D eigenvalue weighted by molar-refractivity contribution is 8.00. The van der Waals surface area contributed by atoms with Gasteiger partial charge in [0.05, 0.1) is 6.54 Å². The van der Waals surface area contributed by atoms with Gasteiger partial charge in [0.25, 0.3) is 5.91 Å². The van der Waals surface area contributed by atoms with Gasteiger partial charge in [0.15, 0.2) is 0 Å². The van der Waals surface area contributed by atoms with Crippen molar-refractivity contribution in [3.05, 3.63) is 46.5 Å². The minimum absolute atomic E-state index is 0.0875. The molecule has 0 aliphatic rings. The summed E-state index contributed by atoms with van der Waals surface area (Å²) in [6, 6.07) is 7.57. The van der Waals surface area contributed by atoms with Crippen LogP contribution in [0.25, 0.3) is 0 Å². The van der Waals surface area contributed by atoms with E-state index in [0.717, 1.165) is 21.3 Å². The highest BCUT2D eigenvalue weighted by Gasteiger charge is 2.17. The molecule has 7 heteroatoms. The van der Waals surface area contributed by atoms with Gasteiger partial charge < -0.3 is 10.2 Å². The molecule has 5 nitrogen and oxygen atoms in total. The van der Waals surface area contributed by atoms with E-state index < -0.39 is 0 Å². The van der Waals surface area contributed by atoms with Crippen molar-refractivity contribution in [2.24, 2.45) is 0 Å². The standard InChI is InChI=1S/C18H23N3O2S2/c1-4-19-16(22)10-21(5-2)17(23)15-8-6-14(7-9-15)12-25-18-20-13(3)11-24-18/h6-9,11H,4-5,10,12H2,1-3H3,(H,19,22). The number of hydrogen-bond acceptors (Lipinski definition) is 5. The van der Waals surface area contributed by atoms with E-state index in [1.54, 1.807) is 28.0 Å². The van der Waals surface area contributed by atoms with Crippen LogP contribution in [-0.2, 0) is 10.5 Å². The molecule has 0 aliphatic heterocycles. The minimum Gasteiger partial charge on any atom is -0.355 e. The molecule has 2 amide bonds. The summed E-state index contributed by atoms with van der Waals surface area (Å²) in [4.78, 5) is 30.2. The van der Waals surface area contributed by atoms with Gasteiger partial charge in [-0.15, -0.1) is 11.3 Å². The molecule has 1 aromatic heterocycles. The first-order valence-corrected chi connectivity index (χ1v) is 10.1. The summed E-state index contributed by atoms with van der Waals surface area (Å²) in [5.74, 6) is 0.561. The molecular formula is C18H23N3O2S2. The summed E-state index contributed by atoms with van der Waals surface area (Å²) in [5.41, 5.74) is 2.78. The number of thiazole rings is 1. The Hall–Kier alpha value is -1.86. The van der Waals surface area contributed by atoms with Crippen molar-refractivity contribution >= 4 is 34.9 Å². The van der Waals surface area contributed by atoms with Crippen LogP contribution in [0.4, 0.5) is 0 Å². The molecule has 1 N–H and O–H groups in total. The second-order valence-electron chi connectivity index (χ2n) is 5.51. The second kappa shape index (κ2) is 9.58. The van der Waals surface area contributed by atoms with Crippen molar-refractivity contribution < 1.29 is 9.59 Å². The van der Waals surface area contributed by atoms with E-state index in [1.165, 1.54) is 0 Å². The Morgan fingerprint density at radius 3 is 2.52 bits per heavy atom. The van der Waals surface area contributed by atoms with Crippen LogP contribution in [0.5, 0.6) is 0 Å². The van der Waals surface area contributed by atoms with Crippen LogP contribution in [0.15, 0.2) is 34.0 Å². The van der Waals surface area contributed by atoms with Crippen molar-refractivity contribution in [2.45, 2.75) is 30.9 Å². The second-order valence-corrected chi connectivity index (χ2v) is 7.59. The summed E-state index contributed by atoms with van der Waals surface area (Å²) < 4.78 is 1.05. The van der Waals surface area contributed by atoms with Crippen LogP contribution in [0.1, 0.15) is 35.5 Å². The third-order valence-corrected chi connectivity index (χ3v) is 5.75. The Balaban J connectivity index is 1.95. The molecule has 0 bridgehead atoms. The summed E-state index contributed by atoms with van der Waals surface area (Å²) >= 11 is 3.34. The molecular weight excluding hydrogens is 354 g/mol. The Labute approximate surface area is 156 Å². The van der Waals surface area contributed by atoms with Gasteiger partial charge in [0.2, 0.25) is 5.91 Å². The number of aromatic nitrogens is 1. The largest absolute Gasteiger partial charge is 0.355 e. The maximum atomic E-state index is 12.5. The molecule has 134 valence electrons. The van der Waals surface area contributed by atoms with Gasteiger partial charge in [-0.05, 0) is 38.5 Å². The van der Waals surface area contributed by atoms with Crippen LogP contribution in [0, 0.1) is 6.92 Å². The maximum absolute atomic E-state index is 12.5. The fraction of sp³-hybridized carbons (Fsp3) is 0.389. The van der Waals surface area contributed by atoms with Crippen LogP contribution in [0.2, 0.25) is 0 Å². The van der Waals surface area contributed by atoms with E-state index in [1.807, 2.05) is 50.4 Å². The Kier molecular flexibility index (Phi) is 7.46. The molecule has 1 aromatic carbocycles. The van der Waals surface area contributed by atoms with E-state index in [0.29, 0.717) is 18.7 Å². The lowest BCUT2D eigenvalue weighted by Crippen LogP contribution is -2.40. The summed E-state index contributed by atoms with van der Waals surface area (Å²) in [6.45, 7) is 6.87. The van der Waals surface area contributed by atoms with E-state index in [9.17, 15) is 9.59 Å². The third kappa shape index (κ3) is 5.86. The van der Waals surface area contributed by atoms with Crippen molar-refractivity contribution in [3.8, 4) is 0 Å². The predicted molar refractivity (Wildman–Crippen MR) is 103 cm³/mol. The number of amides is 2. The summed E-state index contributed by atoms with van der Waals surface area (Å²) in [5, 5.41) is 4.76. The van der Waals surface area contributed by atoms with Crippen LogP contribution in [-0.4, -0.2) is 41.3 Å². The summed E-state index contributed by atoms with van der Waals surface area (Å²) in [6.07, 6.45) is 0. The zero-order valence-electron chi connectivity index (χ0n) is 14.7. The zero-order valence-corrected chi connectivity index (χ0v) is 16.4. The first kappa shape index (κ1) is 19.5. The third-order valence-electron chi connectivity index (χ3n) is 3.54. The average Bonchev–Trinajstić information content (AvgIpc) is 3.03. The van der Waals surface area contributed by atoms with Crippen LogP contribution in [0.3, 0.4) is 0 Å². The highest BCUT2D eigenvalue weighted by atomic mass is 32.2. The lowest BCUT2D eigenvalue weighted by atomic mass is 10.1. The lowest BCUT2D eigenvalue weighted by Gasteiger charge is -2.20. The fourth-order valence-corrected chi connectivity index (χ4v) is 4.03. The van der Waals surface area contributed by atoms with E-state index in [-0.39, 0.29) is 18.4 Å². The molecule has 0 saturated heterocycles. The number of hydrogen-bond donors (Lipinski definition) is 1. The van der Waals surface area contributed by atoms with Crippen LogP contribution < -0.4 is 5.32 Å². The number of nitrogens with zero attached hydrogens (tertiary/aromatic N) is 2. The first-order valence-electron chi connectivity index (χ1n) is 8.23. The van der Waals surface area contributed by atoms with Gasteiger partial charge in [-0.3, -0.25) is 9.59 Å². The van der Waals surface area contributed by atoms with Crippen molar-refractivity contribution in [1.29, 1.82) is 0 Å². The van der Waals surface area contributed by atoms with E-state index >= 15 is 0 Å². The quantitative estimate of drug-likeness (QED) is 0.717. The Morgan fingerprint density at radius 1 is 1.24 bits per heavy atom. The summed E-state index contributed by atoms with van der Waals surface area (Å²) in [7, 11) is 0. The molecule has 1 heterocycles. The average molecular weight is 378 g/mol. The van der Waals surface area contributed by atoms with E-state index in [2.05, 4.69) is 10.3 Å². The highest BCUT2D eigenvalue weighted by Crippen LogP contribution is 2.26. The predicted octanol–water partition coefficient (Wildman–Crippen LogP) is 3.34. The maximum Gasteiger partial charge on any atom is 0.254 e. The zero-order chi connectivity index (χ0) is 18.2. The van der Waals surface area contributed by atoms with Crippen molar-refractivity contribution in [1.82, 2.24) is 15.2 Å². The number of likely N-dealkylation sites (N-methyl/N-ethyl adjacent to an activating group) is 2. The first-order chi connectivity index (χ1) is 12.0. The smallest absolute Gasteiger partial charge is 0.254 e. The van der Waals surface area contributed by atoms with E-state index in [4.69, 9.17) is 0 Å². The van der Waals surface area contributed by atoms with Gasteiger partial charge in [0, 0.05) is 35.5 Å². The van der Waals surface area contributed by atoms with Crippen molar-refractivity contribution in [3.63, 3.8) is 0 Å². The fourth-order valence-electron chi connectivity index (χ4n) is 2.22. The number of carbonyl (C=O) groups excluding carboxylic acids is 2. The molecule has 0 fully saturated rings. The normalized spacial score (nSPS) is 10.5. The van der Waals surface area contributed by atoms with Gasteiger partial charge in [0.1, 0.15) is 4.34 Å². The Bertz CT molecular complexity index is 713. The number of aryl methyl sites for hydroxylation is 1. The molecule has 25 heavy (non-hydrogen) atoms. The minimum atomic E-state index is -0.135. The van der Waals surface area contributed by atoms with Gasteiger partial charge in [-0.1, -0.05) is 23.9 Å². The Morgan fingerprint density at radius 2 is 1.96 bits per heavy atom. The molecule has 2 rings (SSSR count). The molecule has 0 radical (unpaired) electrons. The van der Waals surface area contributed by atoms with Gasteiger partial charge in [-0.2, -0.15) is 0 Å². The number of rotatable bonds is 8. The van der Waals surface area contributed by atoms with Crippen molar-refractivity contribution in [2.75, 3.05) is 19.6 Å². The number of benzene rings is 1. The van der Waals surface area contributed by atoms with Gasteiger partial charge in [-0.25, -0.2) is 4.98 Å². The van der Waals surface area contributed by atoms with Gasteiger partial charge >= 0.3 is 0 Å². The number of nitrogens with one attached hydrogen (secondary N) is 1. The molecule has 0 unspecified atom stereocenters. The number of carbonyl (C=O) groups is 2. The molecule has 0 aliphatic carbocycles. The topological polar surface area (TPSA) is 62.3 Å². The SMILES string of the molecule is CCNC(=O)CN(CC)C(=O)c1ccc(CSc2nc(C)cs2)cc1. The van der Waals surface area contributed by atoms with Crippen LogP contribution >= 0.6 is 23.1 Å². The lowest BCUT2D eigenvalue weighted by molar-refractivity contribution is -0.121. The molecule has 0 saturated carbocycles. The molecule has 0 atom stereocenters. The number of thioether (sulfide) groups is 1. The molecule has 2 aromatic rings.